The number of benzene rings is 2. The number of ether oxygens (including phenoxy) is 1. The molecular weight excluding hydrogens is 444 g/mol. The first-order chi connectivity index (χ1) is 13.3. The third kappa shape index (κ3) is 5.56. The normalized spacial score (nSPS) is 11.5. The van der Waals surface area contributed by atoms with Gasteiger partial charge in [0.2, 0.25) is 15.9 Å². The number of sulfonamides is 1. The molecule has 0 saturated carbocycles. The zero-order valence-corrected chi connectivity index (χ0v) is 18.6. The lowest BCUT2D eigenvalue weighted by Crippen LogP contribution is -2.31. The molecule has 1 amide bonds. The van der Waals surface area contributed by atoms with E-state index in [2.05, 4.69) is 21.2 Å². The molecule has 28 heavy (non-hydrogen) atoms. The van der Waals surface area contributed by atoms with Gasteiger partial charge in [0.15, 0.2) is 0 Å². The molecule has 152 valence electrons. The number of nitrogens with one attached hydrogen (secondary N) is 1. The summed E-state index contributed by atoms with van der Waals surface area (Å²) in [5.41, 5.74) is 1.28. The number of amides is 1. The quantitative estimate of drug-likeness (QED) is 0.601. The smallest absolute Gasteiger partial charge is 0.246 e. The first kappa shape index (κ1) is 22.4. The van der Waals surface area contributed by atoms with Crippen LogP contribution in [0.1, 0.15) is 26.3 Å². The lowest BCUT2D eigenvalue weighted by molar-refractivity contribution is -0.115. The van der Waals surface area contributed by atoms with Crippen molar-refractivity contribution in [3.8, 4) is 5.75 Å². The third-order valence-corrected chi connectivity index (χ3v) is 6.73. The Bertz CT molecular complexity index is 910. The Balaban J connectivity index is 2.28. The van der Waals surface area contributed by atoms with Crippen LogP contribution in [0.15, 0.2) is 51.8 Å². The number of hydrogen-bond donors (Lipinski definition) is 1. The van der Waals surface area contributed by atoms with Crippen LogP contribution in [0.2, 0.25) is 0 Å². The molecule has 0 aliphatic carbocycles. The van der Waals surface area contributed by atoms with Crippen LogP contribution >= 0.6 is 15.9 Å². The molecule has 2 aromatic carbocycles. The molecule has 2 aromatic rings. The molecule has 6 nitrogen and oxygen atoms in total. The summed E-state index contributed by atoms with van der Waals surface area (Å²) in [5, 5.41) is 2.77. The molecule has 0 radical (unpaired) electrons. The van der Waals surface area contributed by atoms with Crippen molar-refractivity contribution in [3.05, 3.63) is 52.5 Å². The number of rotatable bonds is 9. The van der Waals surface area contributed by atoms with Crippen molar-refractivity contribution in [1.29, 1.82) is 0 Å². The van der Waals surface area contributed by atoms with Gasteiger partial charge in [0.05, 0.1) is 13.0 Å². The monoisotopic (exact) mass is 468 g/mol. The van der Waals surface area contributed by atoms with Crippen molar-refractivity contribution in [2.75, 3.05) is 25.0 Å². The highest BCUT2D eigenvalue weighted by atomic mass is 79.9. The van der Waals surface area contributed by atoms with E-state index in [0.717, 1.165) is 10.0 Å². The molecule has 0 heterocycles. The van der Waals surface area contributed by atoms with Gasteiger partial charge in [-0.2, -0.15) is 4.31 Å². The molecule has 2 rings (SSSR count). The van der Waals surface area contributed by atoms with Gasteiger partial charge in [-0.05, 0) is 42.8 Å². The number of carbonyl (C=O) groups excluding carboxylic acids is 1. The van der Waals surface area contributed by atoms with Crippen molar-refractivity contribution in [1.82, 2.24) is 4.31 Å². The zero-order valence-electron chi connectivity index (χ0n) is 16.2. The average Bonchev–Trinajstić information content (AvgIpc) is 2.65. The van der Waals surface area contributed by atoms with E-state index in [1.54, 1.807) is 32.9 Å². The maximum absolute atomic E-state index is 13.0. The first-order valence-electron chi connectivity index (χ1n) is 9.13. The predicted molar refractivity (Wildman–Crippen MR) is 114 cm³/mol. The van der Waals surface area contributed by atoms with Crippen LogP contribution in [-0.4, -0.2) is 38.3 Å². The Morgan fingerprint density at radius 3 is 2.29 bits per heavy atom. The van der Waals surface area contributed by atoms with Gasteiger partial charge in [0.1, 0.15) is 10.6 Å². The Labute approximate surface area is 175 Å². The summed E-state index contributed by atoms with van der Waals surface area (Å²) < 4.78 is 33.8. The van der Waals surface area contributed by atoms with Crippen LogP contribution in [0, 0.1) is 0 Å². The predicted octanol–water partition coefficient (Wildman–Crippen LogP) is 4.06. The summed E-state index contributed by atoms with van der Waals surface area (Å²) >= 11 is 3.36. The van der Waals surface area contributed by atoms with E-state index >= 15 is 0 Å². The van der Waals surface area contributed by atoms with Gasteiger partial charge in [-0.1, -0.05) is 41.9 Å². The second kappa shape index (κ2) is 10.0. The van der Waals surface area contributed by atoms with Crippen molar-refractivity contribution in [2.24, 2.45) is 0 Å². The van der Waals surface area contributed by atoms with E-state index < -0.39 is 10.0 Å². The van der Waals surface area contributed by atoms with Gasteiger partial charge in [-0.3, -0.25) is 4.79 Å². The number of nitrogens with zero attached hydrogens (tertiary/aromatic N) is 1. The van der Waals surface area contributed by atoms with Crippen molar-refractivity contribution in [2.45, 2.75) is 32.1 Å². The zero-order chi connectivity index (χ0) is 20.7. The first-order valence-corrected chi connectivity index (χ1v) is 11.4. The van der Waals surface area contributed by atoms with Crippen LogP contribution in [0.4, 0.5) is 5.69 Å². The fourth-order valence-corrected chi connectivity index (χ4v) is 4.64. The molecule has 0 aromatic heterocycles. The summed E-state index contributed by atoms with van der Waals surface area (Å²) in [6, 6.07) is 12.1. The molecule has 0 unspecified atom stereocenters. The van der Waals surface area contributed by atoms with Gasteiger partial charge in [0.25, 0.3) is 0 Å². The minimum Gasteiger partial charge on any atom is -0.492 e. The second-order valence-electron chi connectivity index (χ2n) is 6.04. The third-order valence-electron chi connectivity index (χ3n) is 4.13. The molecule has 1 N–H and O–H groups in total. The van der Waals surface area contributed by atoms with Crippen molar-refractivity contribution < 1.29 is 17.9 Å². The van der Waals surface area contributed by atoms with E-state index in [0.29, 0.717) is 25.4 Å². The minimum absolute atomic E-state index is 0.0551. The lowest BCUT2D eigenvalue weighted by Gasteiger charge is -2.21. The van der Waals surface area contributed by atoms with Gasteiger partial charge < -0.3 is 10.1 Å². The van der Waals surface area contributed by atoms with E-state index in [1.165, 1.54) is 10.4 Å². The van der Waals surface area contributed by atoms with E-state index in [9.17, 15) is 13.2 Å². The van der Waals surface area contributed by atoms with Crippen LogP contribution in [0.3, 0.4) is 0 Å². The summed E-state index contributed by atoms with van der Waals surface area (Å²) in [5.74, 6) is 0.0537. The van der Waals surface area contributed by atoms with Gasteiger partial charge in [0, 0.05) is 23.2 Å². The van der Waals surface area contributed by atoms with Gasteiger partial charge in [-0.25, -0.2) is 8.42 Å². The van der Waals surface area contributed by atoms with Gasteiger partial charge in [-0.15, -0.1) is 0 Å². The highest BCUT2D eigenvalue weighted by molar-refractivity contribution is 9.10. The fraction of sp³-hybridized carbons (Fsp3) is 0.350. The minimum atomic E-state index is -3.72. The summed E-state index contributed by atoms with van der Waals surface area (Å²) in [4.78, 5) is 12.4. The molecule has 0 bridgehead atoms. The lowest BCUT2D eigenvalue weighted by atomic mass is 10.1. The number of halogens is 1. The number of anilines is 1. The van der Waals surface area contributed by atoms with Gasteiger partial charge >= 0.3 is 0 Å². The molecule has 0 spiro atoms. The molecule has 0 aliphatic rings. The highest BCUT2D eigenvalue weighted by Crippen LogP contribution is 2.30. The Morgan fingerprint density at radius 2 is 1.71 bits per heavy atom. The summed E-state index contributed by atoms with van der Waals surface area (Å²) in [7, 11) is -3.72. The second-order valence-corrected chi connectivity index (χ2v) is 8.86. The van der Waals surface area contributed by atoms with E-state index in [-0.39, 0.29) is 23.0 Å². The van der Waals surface area contributed by atoms with E-state index in [4.69, 9.17) is 4.74 Å². The fourth-order valence-electron chi connectivity index (χ4n) is 2.76. The maximum atomic E-state index is 13.0. The SMILES string of the molecule is CCOc1ccc(NC(=O)Cc2ccc(Br)cc2)cc1S(=O)(=O)N(CC)CC. The number of carbonyl (C=O) groups is 1. The van der Waals surface area contributed by atoms with E-state index in [1.807, 2.05) is 24.3 Å². The Morgan fingerprint density at radius 1 is 1.07 bits per heavy atom. The summed E-state index contributed by atoms with van der Waals surface area (Å²) in [6.07, 6.45) is 0.193. The average molecular weight is 469 g/mol. The molecule has 0 atom stereocenters. The molecule has 0 aliphatic heterocycles. The maximum Gasteiger partial charge on any atom is 0.246 e. The number of hydrogen-bond acceptors (Lipinski definition) is 4. The Hall–Kier alpha value is -1.90. The topological polar surface area (TPSA) is 75.7 Å². The van der Waals surface area contributed by atoms with Crippen molar-refractivity contribution in [3.63, 3.8) is 0 Å². The molecular formula is C20H25BrN2O4S. The molecule has 8 heteroatoms. The van der Waals surface area contributed by atoms with Crippen molar-refractivity contribution >= 4 is 37.5 Å². The van der Waals surface area contributed by atoms with Crippen LogP contribution in [0.25, 0.3) is 0 Å². The largest absolute Gasteiger partial charge is 0.492 e. The Kier molecular flexibility index (Phi) is 8.03. The molecule has 0 saturated heterocycles. The highest BCUT2D eigenvalue weighted by Gasteiger charge is 2.26. The molecule has 0 fully saturated rings. The van der Waals surface area contributed by atoms with Crippen LogP contribution < -0.4 is 10.1 Å². The van der Waals surface area contributed by atoms with Crippen LogP contribution in [-0.2, 0) is 21.2 Å². The standard InChI is InChI=1S/C20H25BrN2O4S/c1-4-23(5-2)28(25,26)19-14-17(11-12-18(19)27-6-3)22-20(24)13-15-7-9-16(21)10-8-15/h7-12,14H,4-6,13H2,1-3H3,(H,22,24). The summed E-state index contributed by atoms with van der Waals surface area (Å²) in [6.45, 7) is 6.41. The van der Waals surface area contributed by atoms with Crippen LogP contribution in [0.5, 0.6) is 5.75 Å².